The molecular formula is C22H27N3O2. The molecule has 0 aliphatic carbocycles. The van der Waals surface area contributed by atoms with Crippen LogP contribution in [0.25, 0.3) is 0 Å². The quantitative estimate of drug-likeness (QED) is 0.824. The van der Waals surface area contributed by atoms with Gasteiger partial charge in [-0.2, -0.15) is 0 Å². The first-order valence-electron chi connectivity index (χ1n) is 9.44. The first kappa shape index (κ1) is 19.1. The van der Waals surface area contributed by atoms with E-state index in [2.05, 4.69) is 5.32 Å². The summed E-state index contributed by atoms with van der Waals surface area (Å²) < 4.78 is 0. The van der Waals surface area contributed by atoms with Crippen LogP contribution in [0.5, 0.6) is 0 Å². The molecule has 0 aromatic heterocycles. The van der Waals surface area contributed by atoms with Crippen molar-refractivity contribution in [2.75, 3.05) is 13.1 Å². The second kappa shape index (κ2) is 8.35. The number of benzene rings is 2. The van der Waals surface area contributed by atoms with Crippen molar-refractivity contribution in [3.8, 4) is 0 Å². The number of nitrogens with zero attached hydrogens (tertiary/aromatic N) is 1. The van der Waals surface area contributed by atoms with E-state index in [0.717, 1.165) is 24.0 Å². The molecule has 2 amide bonds. The van der Waals surface area contributed by atoms with Gasteiger partial charge in [0, 0.05) is 25.6 Å². The molecule has 2 aromatic carbocycles. The second-order valence-electron chi connectivity index (χ2n) is 7.35. The molecular weight excluding hydrogens is 338 g/mol. The second-order valence-corrected chi connectivity index (χ2v) is 7.35. The van der Waals surface area contributed by atoms with Crippen LogP contribution in [0.2, 0.25) is 0 Å². The minimum Gasteiger partial charge on any atom is -0.350 e. The summed E-state index contributed by atoms with van der Waals surface area (Å²) in [5.41, 5.74) is 7.12. The lowest BCUT2D eigenvalue weighted by Gasteiger charge is -2.26. The van der Waals surface area contributed by atoms with E-state index in [9.17, 15) is 9.59 Å². The van der Waals surface area contributed by atoms with Crippen LogP contribution in [0.3, 0.4) is 0 Å². The molecule has 2 atom stereocenters. The minimum atomic E-state index is -1.09. The monoisotopic (exact) mass is 365 g/mol. The summed E-state index contributed by atoms with van der Waals surface area (Å²) >= 11 is 0. The van der Waals surface area contributed by atoms with Crippen LogP contribution in [0.4, 0.5) is 0 Å². The Kier molecular flexibility index (Phi) is 5.91. The van der Waals surface area contributed by atoms with Gasteiger partial charge in [-0.3, -0.25) is 9.59 Å². The van der Waals surface area contributed by atoms with Gasteiger partial charge in [0.15, 0.2) is 0 Å². The highest BCUT2D eigenvalue weighted by Crippen LogP contribution is 2.19. The molecule has 0 bridgehead atoms. The molecule has 2 aromatic rings. The average Bonchev–Trinajstić information content (AvgIpc) is 3.16. The third-order valence-electron chi connectivity index (χ3n) is 5.19. The number of hydrogen-bond acceptors (Lipinski definition) is 3. The minimum absolute atomic E-state index is 0.0511. The summed E-state index contributed by atoms with van der Waals surface area (Å²) in [4.78, 5) is 27.0. The van der Waals surface area contributed by atoms with E-state index in [4.69, 9.17) is 5.73 Å². The fourth-order valence-electron chi connectivity index (χ4n) is 3.41. The lowest BCUT2D eigenvalue weighted by molar-refractivity contribution is -0.131. The Morgan fingerprint density at radius 3 is 2.41 bits per heavy atom. The summed E-state index contributed by atoms with van der Waals surface area (Å²) in [5, 5.41) is 3.02. The van der Waals surface area contributed by atoms with Gasteiger partial charge in [0.2, 0.25) is 11.8 Å². The van der Waals surface area contributed by atoms with Crippen LogP contribution in [0.15, 0.2) is 60.7 Å². The number of carbonyl (C=O) groups excluding carboxylic acids is 2. The highest BCUT2D eigenvalue weighted by molar-refractivity contribution is 5.87. The highest BCUT2D eigenvalue weighted by Gasteiger charge is 2.34. The fourth-order valence-corrected chi connectivity index (χ4v) is 3.41. The zero-order valence-electron chi connectivity index (χ0n) is 15.7. The van der Waals surface area contributed by atoms with Crippen molar-refractivity contribution in [3.63, 3.8) is 0 Å². The molecule has 1 aliphatic heterocycles. The number of hydrogen-bond donors (Lipinski definition) is 2. The van der Waals surface area contributed by atoms with Crippen LogP contribution >= 0.6 is 0 Å². The van der Waals surface area contributed by atoms with Gasteiger partial charge in [-0.05, 0) is 30.9 Å². The van der Waals surface area contributed by atoms with E-state index in [1.165, 1.54) is 0 Å². The summed E-state index contributed by atoms with van der Waals surface area (Å²) in [7, 11) is 0. The van der Waals surface area contributed by atoms with Crippen molar-refractivity contribution in [3.05, 3.63) is 71.8 Å². The molecule has 1 fully saturated rings. The average molecular weight is 365 g/mol. The third kappa shape index (κ3) is 4.74. The Labute approximate surface area is 160 Å². The first-order chi connectivity index (χ1) is 13.0. The molecule has 0 saturated carbocycles. The van der Waals surface area contributed by atoms with Gasteiger partial charge >= 0.3 is 0 Å². The highest BCUT2D eigenvalue weighted by atomic mass is 16.2. The summed E-state index contributed by atoms with van der Waals surface area (Å²) in [6.45, 7) is 2.94. The molecule has 1 saturated heterocycles. The van der Waals surface area contributed by atoms with E-state index in [-0.39, 0.29) is 17.9 Å². The van der Waals surface area contributed by atoms with Crippen molar-refractivity contribution < 1.29 is 9.59 Å². The van der Waals surface area contributed by atoms with Gasteiger partial charge in [-0.1, -0.05) is 60.7 Å². The van der Waals surface area contributed by atoms with E-state index < -0.39 is 5.54 Å². The Morgan fingerprint density at radius 1 is 1.11 bits per heavy atom. The SMILES string of the molecule is CC(N)(C(=O)NC1CCN(C(=O)CCc2ccccc2)C1)c1ccccc1. The van der Waals surface area contributed by atoms with Gasteiger partial charge in [0.1, 0.15) is 5.54 Å². The maximum absolute atomic E-state index is 12.7. The Morgan fingerprint density at radius 2 is 1.74 bits per heavy atom. The molecule has 0 radical (unpaired) electrons. The van der Waals surface area contributed by atoms with Crippen LogP contribution in [-0.2, 0) is 21.5 Å². The summed E-state index contributed by atoms with van der Waals surface area (Å²) in [5.74, 6) is -0.0774. The number of carbonyl (C=O) groups is 2. The lowest BCUT2D eigenvalue weighted by Crippen LogP contribution is -2.52. The van der Waals surface area contributed by atoms with Crippen LogP contribution in [-0.4, -0.2) is 35.8 Å². The van der Waals surface area contributed by atoms with Gasteiger partial charge < -0.3 is 16.0 Å². The van der Waals surface area contributed by atoms with Gasteiger partial charge in [0.25, 0.3) is 0 Å². The lowest BCUT2D eigenvalue weighted by atomic mass is 9.92. The van der Waals surface area contributed by atoms with Gasteiger partial charge in [-0.25, -0.2) is 0 Å². The van der Waals surface area contributed by atoms with Crippen LogP contribution in [0.1, 0.15) is 30.9 Å². The molecule has 5 heteroatoms. The van der Waals surface area contributed by atoms with Crippen molar-refractivity contribution in [1.82, 2.24) is 10.2 Å². The molecule has 1 aliphatic rings. The topological polar surface area (TPSA) is 75.4 Å². The molecule has 5 nitrogen and oxygen atoms in total. The third-order valence-corrected chi connectivity index (χ3v) is 5.19. The predicted octanol–water partition coefficient (Wildman–Crippen LogP) is 2.21. The molecule has 3 rings (SSSR count). The standard InChI is InChI=1S/C22H27N3O2/c1-22(23,18-10-6-3-7-11-18)21(27)24-19-14-15-25(16-19)20(26)13-12-17-8-4-2-5-9-17/h2-11,19H,12-16,23H2,1H3,(H,24,27). The van der Waals surface area contributed by atoms with Crippen LogP contribution < -0.4 is 11.1 Å². The molecule has 27 heavy (non-hydrogen) atoms. The zero-order valence-corrected chi connectivity index (χ0v) is 15.7. The molecule has 2 unspecified atom stereocenters. The summed E-state index contributed by atoms with van der Waals surface area (Å²) in [6.07, 6.45) is 1.99. The van der Waals surface area contributed by atoms with Crippen LogP contribution in [0, 0.1) is 0 Å². The number of likely N-dealkylation sites (tertiary alicyclic amines) is 1. The Balaban J connectivity index is 1.50. The van der Waals surface area contributed by atoms with Crippen molar-refractivity contribution >= 4 is 11.8 Å². The number of nitrogens with two attached hydrogens (primary N) is 1. The smallest absolute Gasteiger partial charge is 0.244 e. The van der Waals surface area contributed by atoms with E-state index in [0.29, 0.717) is 19.5 Å². The van der Waals surface area contributed by atoms with Crippen molar-refractivity contribution in [2.24, 2.45) is 5.73 Å². The Bertz CT molecular complexity index is 775. The largest absolute Gasteiger partial charge is 0.350 e. The normalized spacial score (nSPS) is 18.7. The molecule has 1 heterocycles. The van der Waals surface area contributed by atoms with E-state index >= 15 is 0 Å². The first-order valence-corrected chi connectivity index (χ1v) is 9.44. The fraction of sp³-hybridized carbons (Fsp3) is 0.364. The predicted molar refractivity (Wildman–Crippen MR) is 106 cm³/mol. The molecule has 0 spiro atoms. The molecule has 3 N–H and O–H groups in total. The number of aryl methyl sites for hydroxylation is 1. The number of amides is 2. The van der Waals surface area contributed by atoms with E-state index in [1.807, 2.05) is 65.6 Å². The maximum Gasteiger partial charge on any atom is 0.244 e. The van der Waals surface area contributed by atoms with Gasteiger partial charge in [0.05, 0.1) is 0 Å². The summed E-state index contributed by atoms with van der Waals surface area (Å²) in [6, 6.07) is 19.3. The molecule has 142 valence electrons. The zero-order chi connectivity index (χ0) is 19.3. The number of rotatable bonds is 6. The maximum atomic E-state index is 12.7. The van der Waals surface area contributed by atoms with Crippen molar-refractivity contribution in [2.45, 2.75) is 37.8 Å². The Hall–Kier alpha value is -2.66. The van der Waals surface area contributed by atoms with Crippen molar-refractivity contribution in [1.29, 1.82) is 0 Å². The number of nitrogens with one attached hydrogen (secondary N) is 1. The van der Waals surface area contributed by atoms with Gasteiger partial charge in [-0.15, -0.1) is 0 Å². The van der Waals surface area contributed by atoms with E-state index in [1.54, 1.807) is 6.92 Å².